The van der Waals surface area contributed by atoms with Crippen LogP contribution in [0.25, 0.3) is 94.0 Å². The van der Waals surface area contributed by atoms with Gasteiger partial charge in [0.1, 0.15) is 11.2 Å². The van der Waals surface area contributed by atoms with Crippen LogP contribution in [0.3, 0.4) is 0 Å². The molecule has 3 heteroatoms. The third-order valence-electron chi connectivity index (χ3n) is 13.8. The Labute approximate surface area is 378 Å². The number of aromatic nitrogens is 1. The molecule has 65 heavy (non-hydrogen) atoms. The number of para-hydroxylation sites is 4. The van der Waals surface area contributed by atoms with E-state index in [-0.39, 0.29) is 0 Å². The monoisotopic (exact) mass is 832 g/mol. The van der Waals surface area contributed by atoms with E-state index in [1.54, 1.807) is 0 Å². The smallest absolute Gasteiger partial charge is 0.143 e. The SMILES string of the molecule is C1=CC(N(c2ccc(-c3cccc4c3oc3ccccc34)cc2)c2cccc3ccc4ccccc4c23)=C(c2ccccc2-c2ccccc2-n2c3c(c4ccccc42)C=CCC3)CC1. The van der Waals surface area contributed by atoms with Crippen LogP contribution in [-0.2, 0) is 6.42 Å². The summed E-state index contributed by atoms with van der Waals surface area (Å²) < 4.78 is 9.07. The Bertz CT molecular complexity index is 3780. The van der Waals surface area contributed by atoms with E-state index in [0.29, 0.717) is 0 Å². The fourth-order valence-electron chi connectivity index (χ4n) is 10.9. The van der Waals surface area contributed by atoms with E-state index in [1.807, 2.05) is 6.07 Å². The number of hydrogen-bond acceptors (Lipinski definition) is 2. The fourth-order valence-corrected chi connectivity index (χ4v) is 10.9. The molecule has 0 saturated heterocycles. The zero-order valence-electron chi connectivity index (χ0n) is 35.9. The summed E-state index contributed by atoms with van der Waals surface area (Å²) in [7, 11) is 0. The Morgan fingerprint density at radius 2 is 1.12 bits per heavy atom. The van der Waals surface area contributed by atoms with Gasteiger partial charge in [-0.3, -0.25) is 0 Å². The highest BCUT2D eigenvalue weighted by molar-refractivity contribution is 6.15. The van der Waals surface area contributed by atoms with Crippen molar-refractivity contribution < 1.29 is 4.42 Å². The highest BCUT2D eigenvalue weighted by Crippen LogP contribution is 2.47. The number of nitrogens with zero attached hydrogens (tertiary/aromatic N) is 2. The first-order valence-electron chi connectivity index (χ1n) is 22.9. The predicted octanol–water partition coefficient (Wildman–Crippen LogP) is 17.0. The number of rotatable bonds is 7. The van der Waals surface area contributed by atoms with Gasteiger partial charge in [0.25, 0.3) is 0 Å². The molecule has 0 aliphatic heterocycles. The quantitative estimate of drug-likeness (QED) is 0.149. The summed E-state index contributed by atoms with van der Waals surface area (Å²) in [5.74, 6) is 0. The van der Waals surface area contributed by atoms with Crippen LogP contribution in [0.15, 0.2) is 222 Å². The Morgan fingerprint density at radius 3 is 2.03 bits per heavy atom. The van der Waals surface area contributed by atoms with Crippen molar-refractivity contribution in [3.8, 4) is 27.9 Å². The molecule has 0 saturated carbocycles. The molecule has 308 valence electrons. The van der Waals surface area contributed by atoms with Crippen LogP contribution in [0.2, 0.25) is 0 Å². The van der Waals surface area contributed by atoms with Crippen LogP contribution in [0.5, 0.6) is 0 Å². The summed E-state index contributed by atoms with van der Waals surface area (Å²) in [6, 6.07) is 71.0. The van der Waals surface area contributed by atoms with Crippen LogP contribution in [0.4, 0.5) is 11.4 Å². The molecule has 0 radical (unpaired) electrons. The van der Waals surface area contributed by atoms with Crippen LogP contribution >= 0.6 is 0 Å². The predicted molar refractivity (Wildman–Crippen MR) is 274 cm³/mol. The number of benzene rings is 9. The first-order valence-corrected chi connectivity index (χ1v) is 22.9. The average molecular weight is 833 g/mol. The average Bonchev–Trinajstić information content (AvgIpc) is 3.93. The fraction of sp³-hybridized carbons (Fsp3) is 0.0645. The molecule has 0 bridgehead atoms. The van der Waals surface area contributed by atoms with E-state index in [0.717, 1.165) is 70.1 Å². The normalized spacial score (nSPS) is 13.7. The summed E-state index contributed by atoms with van der Waals surface area (Å²) in [5, 5.41) is 8.51. The summed E-state index contributed by atoms with van der Waals surface area (Å²) in [4.78, 5) is 2.52. The van der Waals surface area contributed by atoms with Gasteiger partial charge in [0.2, 0.25) is 0 Å². The van der Waals surface area contributed by atoms with Gasteiger partial charge in [-0.25, -0.2) is 0 Å². The number of allylic oxidation sites excluding steroid dienone is 4. The Morgan fingerprint density at radius 1 is 0.462 bits per heavy atom. The van der Waals surface area contributed by atoms with Gasteiger partial charge in [0.15, 0.2) is 0 Å². The van der Waals surface area contributed by atoms with E-state index in [2.05, 4.69) is 222 Å². The van der Waals surface area contributed by atoms with Crippen LogP contribution in [0, 0.1) is 0 Å². The first-order chi connectivity index (χ1) is 32.3. The zero-order valence-corrected chi connectivity index (χ0v) is 35.9. The lowest BCUT2D eigenvalue weighted by Gasteiger charge is -2.32. The van der Waals surface area contributed by atoms with Gasteiger partial charge in [-0.05, 0) is 107 Å². The zero-order chi connectivity index (χ0) is 42.8. The molecule has 0 unspecified atom stereocenters. The molecule has 2 aliphatic carbocycles. The summed E-state index contributed by atoms with van der Waals surface area (Å²) in [5.41, 5.74) is 17.7. The van der Waals surface area contributed by atoms with Crippen molar-refractivity contribution in [1.29, 1.82) is 0 Å². The summed E-state index contributed by atoms with van der Waals surface area (Å²) >= 11 is 0. The number of fused-ring (bicyclic) bond motifs is 9. The van der Waals surface area contributed by atoms with E-state index in [9.17, 15) is 0 Å². The van der Waals surface area contributed by atoms with Crippen molar-refractivity contribution in [2.45, 2.75) is 25.7 Å². The van der Waals surface area contributed by atoms with E-state index >= 15 is 0 Å². The number of hydrogen-bond donors (Lipinski definition) is 0. The first kappa shape index (κ1) is 37.4. The lowest BCUT2D eigenvalue weighted by atomic mass is 9.87. The molecule has 0 N–H and O–H groups in total. The maximum atomic E-state index is 6.53. The van der Waals surface area contributed by atoms with Crippen LogP contribution in [-0.4, -0.2) is 4.57 Å². The highest BCUT2D eigenvalue weighted by atomic mass is 16.3. The number of furan rings is 1. The van der Waals surface area contributed by atoms with Gasteiger partial charge in [-0.1, -0.05) is 176 Å². The van der Waals surface area contributed by atoms with E-state index in [4.69, 9.17) is 4.42 Å². The second-order valence-corrected chi connectivity index (χ2v) is 17.3. The van der Waals surface area contributed by atoms with Gasteiger partial charge in [0, 0.05) is 55.3 Å². The minimum Gasteiger partial charge on any atom is -0.455 e. The van der Waals surface area contributed by atoms with E-state index in [1.165, 1.54) is 77.4 Å². The van der Waals surface area contributed by atoms with Crippen molar-refractivity contribution in [3.05, 3.63) is 235 Å². The van der Waals surface area contributed by atoms with Crippen molar-refractivity contribution in [1.82, 2.24) is 4.57 Å². The Balaban J connectivity index is 1.03. The molecule has 0 atom stereocenters. The third-order valence-corrected chi connectivity index (χ3v) is 13.8. The van der Waals surface area contributed by atoms with Gasteiger partial charge in [-0.15, -0.1) is 0 Å². The van der Waals surface area contributed by atoms with Gasteiger partial charge >= 0.3 is 0 Å². The van der Waals surface area contributed by atoms with Crippen molar-refractivity contribution in [2.24, 2.45) is 0 Å². The van der Waals surface area contributed by atoms with Crippen molar-refractivity contribution in [2.75, 3.05) is 4.90 Å². The maximum absolute atomic E-state index is 6.53. The molecule has 0 amide bonds. The minimum absolute atomic E-state index is 0.908. The van der Waals surface area contributed by atoms with Crippen molar-refractivity contribution in [3.63, 3.8) is 0 Å². The van der Waals surface area contributed by atoms with E-state index < -0.39 is 0 Å². The van der Waals surface area contributed by atoms with Crippen molar-refractivity contribution >= 4 is 77.4 Å². The standard InChI is InChI=1S/C62H44N2O/c1-2-19-45-41(17-1)35-36-43-18-15-33-59(61(43)45)63(44-39-37-42(38-40-44)46-27-16-28-54-53-26-9-14-34-60(53)65-62(46)54)55-29-10-5-22-49(55)47-20-3-4-21-48(47)50-23-6-11-30-56(50)64-57-31-12-7-24-51(57)52-25-8-13-32-58(52)64/h1-4,6-12,14-21,23-31,33-40H,5,13,22,32H2. The summed E-state index contributed by atoms with van der Waals surface area (Å²) in [6.07, 6.45) is 13.3. The second-order valence-electron chi connectivity index (χ2n) is 17.3. The van der Waals surface area contributed by atoms with Crippen LogP contribution < -0.4 is 4.90 Å². The molecule has 2 heterocycles. The lowest BCUT2D eigenvalue weighted by Crippen LogP contribution is -2.19. The van der Waals surface area contributed by atoms with Gasteiger partial charge in [0.05, 0.1) is 16.9 Å². The molecule has 0 fully saturated rings. The molecule has 0 spiro atoms. The molecule has 13 rings (SSSR count). The molecule has 2 aliphatic rings. The minimum atomic E-state index is 0.908. The molecule has 9 aromatic carbocycles. The largest absolute Gasteiger partial charge is 0.455 e. The molecular formula is C62H44N2O. The molecular weight excluding hydrogens is 789 g/mol. The molecule has 3 nitrogen and oxygen atoms in total. The lowest BCUT2D eigenvalue weighted by molar-refractivity contribution is 0.670. The maximum Gasteiger partial charge on any atom is 0.143 e. The molecule has 11 aromatic rings. The Hall–Kier alpha value is -8.14. The highest BCUT2D eigenvalue weighted by Gasteiger charge is 2.26. The third kappa shape index (κ3) is 6.04. The van der Waals surface area contributed by atoms with Crippen LogP contribution in [0.1, 0.15) is 36.1 Å². The van der Waals surface area contributed by atoms with Gasteiger partial charge in [-0.2, -0.15) is 0 Å². The topological polar surface area (TPSA) is 21.3 Å². The molecule has 2 aromatic heterocycles. The van der Waals surface area contributed by atoms with Gasteiger partial charge < -0.3 is 13.9 Å². The Kier molecular flexibility index (Phi) is 8.80. The second kappa shape index (κ2) is 15.3. The number of anilines is 2. The summed E-state index contributed by atoms with van der Waals surface area (Å²) in [6.45, 7) is 0.